The van der Waals surface area contributed by atoms with Crippen molar-refractivity contribution in [1.82, 2.24) is 4.90 Å². The van der Waals surface area contributed by atoms with Crippen molar-refractivity contribution in [1.29, 1.82) is 0 Å². The molecule has 0 saturated carbocycles. The molecule has 1 fully saturated rings. The molecular formula is C8H15FN2O3S. The fraction of sp³-hybridized carbons (Fsp3) is 0.875. The van der Waals surface area contributed by atoms with Gasteiger partial charge in [0.1, 0.15) is 0 Å². The van der Waals surface area contributed by atoms with E-state index in [2.05, 4.69) is 0 Å². The number of likely N-dealkylation sites (tertiary alicyclic amines) is 1. The first kappa shape index (κ1) is 12.4. The highest BCUT2D eigenvalue weighted by Gasteiger charge is 2.32. The third-order valence-electron chi connectivity index (χ3n) is 2.36. The molecule has 1 amide bonds. The molecule has 2 N–H and O–H groups in total. The Kier molecular flexibility index (Phi) is 4.04. The van der Waals surface area contributed by atoms with Crippen LogP contribution in [-0.4, -0.2) is 44.6 Å². The van der Waals surface area contributed by atoms with E-state index in [0.717, 1.165) is 0 Å². The number of amides is 1. The van der Waals surface area contributed by atoms with Crippen LogP contribution in [0.1, 0.15) is 12.8 Å². The van der Waals surface area contributed by atoms with E-state index in [1.807, 2.05) is 0 Å². The van der Waals surface area contributed by atoms with Crippen molar-refractivity contribution in [2.75, 3.05) is 25.4 Å². The normalized spacial score (nSPS) is 22.4. The maximum atomic E-state index is 12.4. The van der Waals surface area contributed by atoms with Crippen LogP contribution in [0, 0.1) is 5.92 Å². The van der Waals surface area contributed by atoms with Gasteiger partial charge in [-0.15, -0.1) is 3.89 Å². The minimum absolute atomic E-state index is 0.114. The summed E-state index contributed by atoms with van der Waals surface area (Å²) < 4.78 is 33.2. The number of carbonyl (C=O) groups is 1. The summed E-state index contributed by atoms with van der Waals surface area (Å²) in [5.41, 5.74) is 5.29. The summed E-state index contributed by atoms with van der Waals surface area (Å²) >= 11 is 0. The largest absolute Gasteiger partial charge is 0.342 e. The van der Waals surface area contributed by atoms with Crippen molar-refractivity contribution in [2.45, 2.75) is 12.8 Å². The van der Waals surface area contributed by atoms with Crippen LogP contribution < -0.4 is 5.73 Å². The Labute approximate surface area is 88.6 Å². The number of nitrogens with zero attached hydrogens (tertiary/aromatic N) is 1. The van der Waals surface area contributed by atoms with Gasteiger partial charge in [0, 0.05) is 25.4 Å². The summed E-state index contributed by atoms with van der Waals surface area (Å²) in [6, 6.07) is 0. The maximum absolute atomic E-state index is 12.4. The standard InChI is InChI=1S/C8H15FN2O3S/c9-15(13,14)6-7-4-8(12)11(5-7)3-1-2-10/h7H,1-6,10H2. The molecule has 0 aromatic carbocycles. The van der Waals surface area contributed by atoms with E-state index >= 15 is 0 Å². The first-order chi connectivity index (χ1) is 6.92. The van der Waals surface area contributed by atoms with Crippen LogP contribution in [0.2, 0.25) is 0 Å². The summed E-state index contributed by atoms with van der Waals surface area (Å²) in [7, 11) is -4.48. The Morgan fingerprint density at radius 3 is 2.73 bits per heavy atom. The van der Waals surface area contributed by atoms with E-state index < -0.39 is 21.9 Å². The lowest BCUT2D eigenvalue weighted by Gasteiger charge is -2.15. The Balaban J connectivity index is 2.45. The first-order valence-corrected chi connectivity index (χ1v) is 6.38. The molecule has 0 bridgehead atoms. The van der Waals surface area contributed by atoms with E-state index in [-0.39, 0.29) is 12.3 Å². The lowest BCUT2D eigenvalue weighted by atomic mass is 10.1. The number of hydrogen-bond donors (Lipinski definition) is 1. The molecule has 0 spiro atoms. The van der Waals surface area contributed by atoms with Gasteiger partial charge < -0.3 is 10.6 Å². The molecule has 1 atom stereocenters. The lowest BCUT2D eigenvalue weighted by Crippen LogP contribution is -2.28. The second kappa shape index (κ2) is 4.89. The molecule has 1 heterocycles. The average molecular weight is 238 g/mol. The van der Waals surface area contributed by atoms with Crippen molar-refractivity contribution in [3.8, 4) is 0 Å². The molecule has 0 aromatic rings. The van der Waals surface area contributed by atoms with Gasteiger partial charge in [-0.05, 0) is 13.0 Å². The zero-order valence-electron chi connectivity index (χ0n) is 8.36. The molecule has 5 nitrogen and oxygen atoms in total. The molecule has 1 aliphatic rings. The topological polar surface area (TPSA) is 80.5 Å². The molecule has 1 saturated heterocycles. The van der Waals surface area contributed by atoms with E-state index in [9.17, 15) is 17.1 Å². The highest BCUT2D eigenvalue weighted by Crippen LogP contribution is 2.19. The van der Waals surface area contributed by atoms with Gasteiger partial charge in [0.2, 0.25) is 5.91 Å². The van der Waals surface area contributed by atoms with Crippen molar-refractivity contribution in [2.24, 2.45) is 11.7 Å². The Morgan fingerprint density at radius 2 is 2.20 bits per heavy atom. The van der Waals surface area contributed by atoms with Crippen molar-refractivity contribution < 1.29 is 17.1 Å². The summed E-state index contributed by atoms with van der Waals surface area (Å²) in [6.45, 7) is 1.33. The number of carbonyl (C=O) groups excluding carboxylic acids is 1. The predicted octanol–water partition coefficient (Wildman–Crippen LogP) is -0.517. The molecule has 15 heavy (non-hydrogen) atoms. The van der Waals surface area contributed by atoms with Gasteiger partial charge in [-0.1, -0.05) is 0 Å². The van der Waals surface area contributed by atoms with Gasteiger partial charge >= 0.3 is 10.2 Å². The molecular weight excluding hydrogens is 223 g/mol. The van der Waals surface area contributed by atoms with Crippen molar-refractivity contribution in [3.05, 3.63) is 0 Å². The SMILES string of the molecule is NCCCN1CC(CS(=O)(=O)F)CC1=O. The summed E-state index contributed by atoms with van der Waals surface area (Å²) in [6.07, 6.45) is 0.800. The average Bonchev–Trinajstić information content (AvgIpc) is 2.39. The molecule has 1 rings (SSSR count). The van der Waals surface area contributed by atoms with Gasteiger partial charge in [0.05, 0.1) is 5.75 Å². The van der Waals surface area contributed by atoms with Gasteiger partial charge in [0.25, 0.3) is 0 Å². The lowest BCUT2D eigenvalue weighted by molar-refractivity contribution is -0.127. The minimum atomic E-state index is -4.48. The van der Waals surface area contributed by atoms with E-state index in [0.29, 0.717) is 26.1 Å². The van der Waals surface area contributed by atoms with Crippen LogP contribution in [-0.2, 0) is 15.0 Å². The highest BCUT2D eigenvalue weighted by atomic mass is 32.3. The number of halogens is 1. The van der Waals surface area contributed by atoms with E-state index in [1.165, 1.54) is 0 Å². The number of nitrogens with two attached hydrogens (primary N) is 1. The van der Waals surface area contributed by atoms with E-state index in [4.69, 9.17) is 5.73 Å². The van der Waals surface area contributed by atoms with Crippen LogP contribution in [0.15, 0.2) is 0 Å². The Bertz CT molecular complexity index is 331. The number of hydrogen-bond acceptors (Lipinski definition) is 4. The first-order valence-electron chi connectivity index (χ1n) is 4.82. The fourth-order valence-electron chi connectivity index (χ4n) is 1.75. The van der Waals surface area contributed by atoms with Crippen molar-refractivity contribution >= 4 is 16.1 Å². The summed E-state index contributed by atoms with van der Waals surface area (Å²) in [5.74, 6) is -1.08. The second-order valence-corrected chi connectivity index (χ2v) is 5.17. The van der Waals surface area contributed by atoms with Crippen LogP contribution in [0.5, 0.6) is 0 Å². The molecule has 0 aromatic heterocycles. The molecule has 88 valence electrons. The predicted molar refractivity (Wildman–Crippen MR) is 53.3 cm³/mol. The summed E-state index contributed by atoms with van der Waals surface area (Å²) in [4.78, 5) is 12.9. The smallest absolute Gasteiger partial charge is 0.302 e. The zero-order valence-corrected chi connectivity index (χ0v) is 9.17. The van der Waals surface area contributed by atoms with Crippen LogP contribution in [0.25, 0.3) is 0 Å². The summed E-state index contributed by atoms with van der Waals surface area (Å²) in [5, 5.41) is 0. The molecule has 0 radical (unpaired) electrons. The van der Waals surface area contributed by atoms with Crippen LogP contribution in [0.3, 0.4) is 0 Å². The minimum Gasteiger partial charge on any atom is -0.342 e. The quantitative estimate of drug-likeness (QED) is 0.654. The van der Waals surface area contributed by atoms with Gasteiger partial charge in [-0.25, -0.2) is 0 Å². The molecule has 1 aliphatic heterocycles. The second-order valence-electron chi connectivity index (χ2n) is 3.76. The van der Waals surface area contributed by atoms with E-state index in [1.54, 1.807) is 4.90 Å². The Morgan fingerprint density at radius 1 is 1.53 bits per heavy atom. The zero-order chi connectivity index (χ0) is 11.5. The third kappa shape index (κ3) is 4.13. The maximum Gasteiger partial charge on any atom is 0.302 e. The molecule has 1 unspecified atom stereocenters. The van der Waals surface area contributed by atoms with Crippen molar-refractivity contribution in [3.63, 3.8) is 0 Å². The highest BCUT2D eigenvalue weighted by molar-refractivity contribution is 7.86. The van der Waals surface area contributed by atoms with Gasteiger partial charge in [0.15, 0.2) is 0 Å². The van der Waals surface area contributed by atoms with Crippen LogP contribution in [0.4, 0.5) is 3.89 Å². The third-order valence-corrected chi connectivity index (χ3v) is 3.23. The Hall–Kier alpha value is -0.690. The number of rotatable bonds is 5. The molecule has 7 heteroatoms. The van der Waals surface area contributed by atoms with Gasteiger partial charge in [-0.3, -0.25) is 4.79 Å². The monoisotopic (exact) mass is 238 g/mol. The fourth-order valence-corrected chi connectivity index (χ4v) is 2.53. The van der Waals surface area contributed by atoms with Gasteiger partial charge in [-0.2, -0.15) is 8.42 Å². The van der Waals surface area contributed by atoms with Crippen LogP contribution >= 0.6 is 0 Å². The molecule has 0 aliphatic carbocycles.